The zero-order chi connectivity index (χ0) is 7.84. The molecule has 4 nitrogen and oxygen atoms in total. The van der Waals surface area contributed by atoms with E-state index >= 15 is 0 Å². The van der Waals surface area contributed by atoms with E-state index in [0.717, 1.165) is 0 Å². The zero-order valence-corrected chi connectivity index (χ0v) is 5.90. The van der Waals surface area contributed by atoms with Crippen LogP contribution in [0.2, 0.25) is 0 Å². The lowest BCUT2D eigenvalue weighted by molar-refractivity contribution is 0.448. The number of aromatic nitrogens is 2. The van der Waals surface area contributed by atoms with E-state index in [1.54, 1.807) is 13.0 Å². The summed E-state index contributed by atoms with van der Waals surface area (Å²) in [5.41, 5.74) is 1.22. The molecule has 0 spiro atoms. The zero-order valence-electron chi connectivity index (χ0n) is 5.90. The third kappa shape index (κ3) is 0.756. The highest BCUT2D eigenvalue weighted by Gasteiger charge is 2.08. The van der Waals surface area contributed by atoms with Crippen LogP contribution in [0.3, 0.4) is 0 Å². The van der Waals surface area contributed by atoms with Crippen molar-refractivity contribution in [2.45, 2.75) is 6.92 Å². The Balaban J connectivity index is 2.96. The topological polar surface area (TPSA) is 59.2 Å². The van der Waals surface area contributed by atoms with Gasteiger partial charge in [0, 0.05) is 12.3 Å². The average Bonchev–Trinajstić information content (AvgIpc) is 2.34. The predicted octanol–water partition coefficient (Wildman–Crippen LogP) is 1.24. The van der Waals surface area contributed by atoms with Gasteiger partial charge in [-0.3, -0.25) is 0 Å². The first-order valence-corrected chi connectivity index (χ1v) is 3.19. The standard InChI is InChI=1S/C7H6N2O2/c1-4-6-5(11-9-4)2-3-8-7(6)10/h2-3H,1H3,(H,8,10). The summed E-state index contributed by atoms with van der Waals surface area (Å²) in [6.45, 7) is 1.76. The Morgan fingerprint density at radius 1 is 1.55 bits per heavy atom. The van der Waals surface area contributed by atoms with Crippen LogP contribution in [-0.2, 0) is 0 Å². The third-order valence-electron chi connectivity index (χ3n) is 1.54. The number of hydrogen-bond donors (Lipinski definition) is 1. The molecule has 2 aromatic rings. The number of fused-ring (bicyclic) bond motifs is 1. The fraction of sp³-hybridized carbons (Fsp3) is 0.143. The number of hydrogen-bond acceptors (Lipinski definition) is 4. The molecule has 0 bridgehead atoms. The predicted molar refractivity (Wildman–Crippen MR) is 38.2 cm³/mol. The lowest BCUT2D eigenvalue weighted by Crippen LogP contribution is -1.75. The highest BCUT2D eigenvalue weighted by Crippen LogP contribution is 2.24. The van der Waals surface area contributed by atoms with Crippen LogP contribution in [0, 0.1) is 6.92 Å². The minimum Gasteiger partial charge on any atom is -0.493 e. The van der Waals surface area contributed by atoms with Crippen LogP contribution < -0.4 is 0 Å². The second-order valence-electron chi connectivity index (χ2n) is 2.28. The molecule has 1 N–H and O–H groups in total. The fourth-order valence-corrected chi connectivity index (χ4v) is 1.01. The molecule has 11 heavy (non-hydrogen) atoms. The van der Waals surface area contributed by atoms with Crippen LogP contribution in [0.25, 0.3) is 11.0 Å². The van der Waals surface area contributed by atoms with Gasteiger partial charge in [0.15, 0.2) is 5.58 Å². The first-order chi connectivity index (χ1) is 5.29. The molecule has 0 fully saturated rings. The summed E-state index contributed by atoms with van der Waals surface area (Å²) >= 11 is 0. The highest BCUT2D eigenvalue weighted by molar-refractivity contribution is 5.83. The summed E-state index contributed by atoms with van der Waals surface area (Å²) in [6.07, 6.45) is 1.47. The van der Waals surface area contributed by atoms with Gasteiger partial charge in [-0.2, -0.15) is 0 Å². The van der Waals surface area contributed by atoms with Crippen molar-refractivity contribution in [3.8, 4) is 5.88 Å². The van der Waals surface area contributed by atoms with E-state index in [9.17, 15) is 5.11 Å². The van der Waals surface area contributed by atoms with Crippen molar-refractivity contribution in [1.82, 2.24) is 10.1 Å². The molecule has 0 atom stereocenters. The average molecular weight is 150 g/mol. The maximum Gasteiger partial charge on any atom is 0.224 e. The molecule has 0 aromatic carbocycles. The van der Waals surface area contributed by atoms with Crippen molar-refractivity contribution in [3.05, 3.63) is 18.0 Å². The van der Waals surface area contributed by atoms with E-state index in [1.807, 2.05) is 0 Å². The van der Waals surface area contributed by atoms with Gasteiger partial charge in [-0.15, -0.1) is 0 Å². The molecule has 4 heteroatoms. The van der Waals surface area contributed by atoms with Gasteiger partial charge in [-0.05, 0) is 6.92 Å². The monoisotopic (exact) mass is 150 g/mol. The van der Waals surface area contributed by atoms with E-state index in [-0.39, 0.29) is 5.88 Å². The van der Waals surface area contributed by atoms with Crippen molar-refractivity contribution in [2.24, 2.45) is 0 Å². The quantitative estimate of drug-likeness (QED) is 0.613. The minimum absolute atomic E-state index is 0.0266. The lowest BCUT2D eigenvalue weighted by atomic mass is 10.3. The summed E-state index contributed by atoms with van der Waals surface area (Å²) in [4.78, 5) is 3.70. The van der Waals surface area contributed by atoms with E-state index < -0.39 is 0 Å². The first kappa shape index (κ1) is 6.15. The highest BCUT2D eigenvalue weighted by atomic mass is 16.5. The third-order valence-corrected chi connectivity index (χ3v) is 1.54. The summed E-state index contributed by atoms with van der Waals surface area (Å²) in [5.74, 6) is -0.0266. The SMILES string of the molecule is Cc1noc2ccnc(O)c12. The van der Waals surface area contributed by atoms with E-state index in [1.165, 1.54) is 6.20 Å². The van der Waals surface area contributed by atoms with Crippen LogP contribution >= 0.6 is 0 Å². The second-order valence-corrected chi connectivity index (χ2v) is 2.28. The first-order valence-electron chi connectivity index (χ1n) is 3.19. The number of rotatable bonds is 0. The molecular weight excluding hydrogens is 144 g/mol. The van der Waals surface area contributed by atoms with Gasteiger partial charge in [0.05, 0.1) is 5.69 Å². The van der Waals surface area contributed by atoms with Crippen molar-refractivity contribution in [1.29, 1.82) is 0 Å². The van der Waals surface area contributed by atoms with Gasteiger partial charge in [-0.1, -0.05) is 5.16 Å². The molecule has 2 rings (SSSR count). The number of nitrogens with zero attached hydrogens (tertiary/aromatic N) is 2. The Labute approximate surface area is 62.5 Å². The van der Waals surface area contributed by atoms with Gasteiger partial charge >= 0.3 is 0 Å². The Bertz CT molecular complexity index is 394. The van der Waals surface area contributed by atoms with Gasteiger partial charge < -0.3 is 9.63 Å². The second kappa shape index (κ2) is 1.95. The van der Waals surface area contributed by atoms with Gasteiger partial charge in [0.1, 0.15) is 5.39 Å². The molecule has 2 heterocycles. The smallest absolute Gasteiger partial charge is 0.224 e. The van der Waals surface area contributed by atoms with Crippen molar-refractivity contribution >= 4 is 11.0 Å². The Morgan fingerprint density at radius 2 is 2.36 bits per heavy atom. The lowest BCUT2D eigenvalue weighted by Gasteiger charge is -1.89. The van der Waals surface area contributed by atoms with Crippen LogP contribution in [0.15, 0.2) is 16.8 Å². The van der Waals surface area contributed by atoms with Crippen LogP contribution in [0.5, 0.6) is 5.88 Å². The molecule has 0 amide bonds. The van der Waals surface area contributed by atoms with E-state index in [4.69, 9.17) is 4.52 Å². The molecular formula is C7H6N2O2. The Morgan fingerprint density at radius 3 is 3.09 bits per heavy atom. The maximum absolute atomic E-state index is 9.23. The van der Waals surface area contributed by atoms with Crippen LogP contribution in [0.1, 0.15) is 5.69 Å². The Kier molecular flexibility index (Phi) is 1.09. The molecule has 0 aliphatic rings. The van der Waals surface area contributed by atoms with Crippen LogP contribution in [-0.4, -0.2) is 15.2 Å². The normalized spacial score (nSPS) is 10.6. The van der Waals surface area contributed by atoms with E-state index in [0.29, 0.717) is 16.7 Å². The number of aryl methyl sites for hydroxylation is 1. The van der Waals surface area contributed by atoms with Gasteiger partial charge in [0.25, 0.3) is 0 Å². The van der Waals surface area contributed by atoms with Crippen molar-refractivity contribution in [3.63, 3.8) is 0 Å². The molecule has 0 saturated heterocycles. The molecule has 0 saturated carbocycles. The number of aromatic hydroxyl groups is 1. The number of pyridine rings is 1. The van der Waals surface area contributed by atoms with Gasteiger partial charge in [0.2, 0.25) is 5.88 Å². The fourth-order valence-electron chi connectivity index (χ4n) is 1.01. The summed E-state index contributed by atoms with van der Waals surface area (Å²) in [6, 6.07) is 1.66. The Hall–Kier alpha value is -1.58. The van der Waals surface area contributed by atoms with Crippen LogP contribution in [0.4, 0.5) is 0 Å². The minimum atomic E-state index is -0.0266. The molecule has 0 unspecified atom stereocenters. The summed E-state index contributed by atoms with van der Waals surface area (Å²) < 4.78 is 4.88. The largest absolute Gasteiger partial charge is 0.493 e. The molecule has 2 aromatic heterocycles. The summed E-state index contributed by atoms with van der Waals surface area (Å²) in [7, 11) is 0. The van der Waals surface area contributed by atoms with Crippen molar-refractivity contribution in [2.75, 3.05) is 0 Å². The van der Waals surface area contributed by atoms with Crippen molar-refractivity contribution < 1.29 is 9.63 Å². The van der Waals surface area contributed by atoms with E-state index in [2.05, 4.69) is 10.1 Å². The molecule has 0 aliphatic carbocycles. The maximum atomic E-state index is 9.23. The summed E-state index contributed by atoms with van der Waals surface area (Å²) in [5, 5.41) is 13.5. The molecule has 0 radical (unpaired) electrons. The van der Waals surface area contributed by atoms with Gasteiger partial charge in [-0.25, -0.2) is 4.98 Å². The molecule has 56 valence electrons. The molecule has 0 aliphatic heterocycles.